The lowest BCUT2D eigenvalue weighted by molar-refractivity contribution is 0.0975. The molecule has 0 aliphatic carbocycles. The number of aromatic nitrogens is 3. The molecule has 8 rings (SSSR count). The van der Waals surface area contributed by atoms with Crippen LogP contribution in [0.1, 0.15) is 48.7 Å². The fourth-order valence-electron chi connectivity index (χ4n) is 6.94. The molecule has 4 heterocycles. The van der Waals surface area contributed by atoms with Gasteiger partial charge in [-0.15, -0.1) is 0 Å². The Hall–Kier alpha value is -7.45. The van der Waals surface area contributed by atoms with Gasteiger partial charge in [0.05, 0.1) is 11.4 Å². The summed E-state index contributed by atoms with van der Waals surface area (Å²) < 4.78 is 0. The number of benzene rings is 4. The maximum atomic E-state index is 13.9. The van der Waals surface area contributed by atoms with Crippen molar-refractivity contribution >= 4 is 40.7 Å². The molecule has 0 unspecified atom stereocenters. The van der Waals surface area contributed by atoms with E-state index in [-0.39, 0.29) is 11.8 Å². The lowest BCUT2D eigenvalue weighted by Crippen LogP contribution is -2.31. The predicted octanol–water partition coefficient (Wildman–Crippen LogP) is 9.80. The van der Waals surface area contributed by atoms with Crippen molar-refractivity contribution < 1.29 is 9.59 Å². The Kier molecular flexibility index (Phi) is 9.61. The first-order valence-electron chi connectivity index (χ1n) is 17.9. The standard InChI is InChI=1S/C47H36N6O2/c1-30-15-9-11-23-36(30)46(54)52-44-42(34-21-13-25-48-28-34)40(32-17-5-3-6-18-32)38(50-44)27-39-41(33-19-7-4-8-20-33)43(35-22-14-26-49-29-35)45(51-39)53-47(55)37-24-12-10-16-31(37)2/h3-29,50H,1-2H3,(H,52,54)(H,51,53,55). The molecule has 3 aromatic heterocycles. The number of H-pyrrole nitrogens is 1. The van der Waals surface area contributed by atoms with Gasteiger partial charge in [-0.3, -0.25) is 19.6 Å². The zero-order chi connectivity index (χ0) is 37.7. The van der Waals surface area contributed by atoms with E-state index in [2.05, 4.69) is 25.6 Å². The summed E-state index contributed by atoms with van der Waals surface area (Å²) in [4.78, 5) is 45.5. The lowest BCUT2D eigenvalue weighted by atomic mass is 9.93. The fourth-order valence-corrected chi connectivity index (χ4v) is 6.94. The number of aliphatic imine (C=N–C) groups is 1. The minimum Gasteiger partial charge on any atom is -0.341 e. The zero-order valence-corrected chi connectivity index (χ0v) is 30.2. The smallest absolute Gasteiger partial charge is 0.257 e. The summed E-state index contributed by atoms with van der Waals surface area (Å²) in [5, 5.41) is 6.34. The Morgan fingerprint density at radius 2 is 1.07 bits per heavy atom. The van der Waals surface area contributed by atoms with Gasteiger partial charge in [0.1, 0.15) is 11.7 Å². The number of pyridine rings is 2. The van der Waals surface area contributed by atoms with Crippen LogP contribution < -0.4 is 10.6 Å². The van der Waals surface area contributed by atoms with Crippen LogP contribution in [0.4, 0.5) is 5.82 Å². The van der Waals surface area contributed by atoms with Crippen molar-refractivity contribution in [2.45, 2.75) is 13.8 Å². The summed E-state index contributed by atoms with van der Waals surface area (Å²) in [6.07, 6.45) is 9.00. The Balaban J connectivity index is 1.38. The number of nitrogens with zero attached hydrogens (tertiary/aromatic N) is 3. The number of amidine groups is 1. The first-order valence-corrected chi connectivity index (χ1v) is 17.9. The molecule has 0 saturated carbocycles. The summed E-state index contributed by atoms with van der Waals surface area (Å²) in [6.45, 7) is 3.83. The van der Waals surface area contributed by atoms with E-state index in [9.17, 15) is 9.59 Å². The molecule has 8 heteroatoms. The molecule has 1 aliphatic rings. The van der Waals surface area contributed by atoms with E-state index in [0.29, 0.717) is 34.2 Å². The topological polar surface area (TPSA) is 112 Å². The summed E-state index contributed by atoms with van der Waals surface area (Å²) >= 11 is 0. The molecule has 0 bridgehead atoms. The molecule has 2 amide bonds. The van der Waals surface area contributed by atoms with Crippen molar-refractivity contribution in [3.8, 4) is 22.3 Å². The van der Waals surface area contributed by atoms with E-state index in [1.807, 2.05) is 147 Å². The third kappa shape index (κ3) is 7.04. The number of amides is 2. The van der Waals surface area contributed by atoms with Crippen LogP contribution in [-0.4, -0.2) is 32.6 Å². The number of carbonyl (C=O) groups excluding carboxylic acids is 2. The van der Waals surface area contributed by atoms with Gasteiger partial charge in [0.15, 0.2) is 0 Å². The second-order valence-electron chi connectivity index (χ2n) is 13.2. The highest BCUT2D eigenvalue weighted by atomic mass is 16.2. The molecule has 0 radical (unpaired) electrons. The van der Waals surface area contributed by atoms with E-state index >= 15 is 0 Å². The highest BCUT2D eigenvalue weighted by Crippen LogP contribution is 2.45. The van der Waals surface area contributed by atoms with Gasteiger partial charge in [-0.05, 0) is 66.4 Å². The number of aromatic amines is 1. The average molecular weight is 717 g/mol. The van der Waals surface area contributed by atoms with Crippen molar-refractivity contribution in [2.24, 2.45) is 4.99 Å². The highest BCUT2D eigenvalue weighted by molar-refractivity contribution is 6.38. The molecule has 0 spiro atoms. The highest BCUT2D eigenvalue weighted by Gasteiger charge is 2.30. The van der Waals surface area contributed by atoms with Crippen LogP contribution in [-0.2, 0) is 0 Å². The predicted molar refractivity (Wildman–Crippen MR) is 220 cm³/mol. The van der Waals surface area contributed by atoms with E-state index < -0.39 is 0 Å². The molecular weight excluding hydrogens is 681 g/mol. The van der Waals surface area contributed by atoms with Crippen LogP contribution in [0, 0.1) is 13.8 Å². The molecule has 4 aromatic carbocycles. The summed E-state index contributed by atoms with van der Waals surface area (Å²) in [5.74, 6) is 0.406. The van der Waals surface area contributed by atoms with Gasteiger partial charge in [-0.2, -0.15) is 0 Å². The molecule has 266 valence electrons. The molecule has 0 fully saturated rings. The largest absolute Gasteiger partial charge is 0.341 e. The Labute approximate surface area is 319 Å². The molecular formula is C47H36N6O2. The number of anilines is 1. The van der Waals surface area contributed by atoms with E-state index in [0.717, 1.165) is 55.7 Å². The van der Waals surface area contributed by atoms with Crippen LogP contribution >= 0.6 is 0 Å². The van der Waals surface area contributed by atoms with Crippen molar-refractivity contribution in [3.63, 3.8) is 0 Å². The molecule has 7 aromatic rings. The molecule has 3 N–H and O–H groups in total. The van der Waals surface area contributed by atoms with Gasteiger partial charge in [0.25, 0.3) is 11.8 Å². The van der Waals surface area contributed by atoms with Crippen molar-refractivity contribution in [1.82, 2.24) is 20.3 Å². The molecule has 0 saturated heterocycles. The van der Waals surface area contributed by atoms with E-state index in [1.165, 1.54) is 0 Å². The summed E-state index contributed by atoms with van der Waals surface area (Å²) in [7, 11) is 0. The monoisotopic (exact) mass is 716 g/mol. The zero-order valence-electron chi connectivity index (χ0n) is 30.2. The number of allylic oxidation sites excluding steroid dienone is 1. The average Bonchev–Trinajstić information content (AvgIpc) is 3.76. The number of carbonyl (C=O) groups is 2. The first kappa shape index (κ1) is 34.6. The normalized spacial score (nSPS) is 13.1. The van der Waals surface area contributed by atoms with Crippen molar-refractivity contribution in [3.05, 3.63) is 203 Å². The van der Waals surface area contributed by atoms with Crippen molar-refractivity contribution in [1.29, 1.82) is 0 Å². The van der Waals surface area contributed by atoms with Crippen LogP contribution in [0.2, 0.25) is 0 Å². The third-order valence-corrected chi connectivity index (χ3v) is 9.56. The number of hydrogen-bond donors (Lipinski definition) is 3. The minimum absolute atomic E-state index is 0.243. The van der Waals surface area contributed by atoms with Crippen LogP contribution in [0.15, 0.2) is 169 Å². The van der Waals surface area contributed by atoms with Gasteiger partial charge in [-0.25, -0.2) is 4.99 Å². The maximum Gasteiger partial charge on any atom is 0.257 e. The van der Waals surface area contributed by atoms with Crippen LogP contribution in [0.25, 0.3) is 39.5 Å². The summed E-state index contributed by atoms with van der Waals surface area (Å²) in [6, 6.07) is 42.7. The van der Waals surface area contributed by atoms with Gasteiger partial charge in [-0.1, -0.05) is 109 Å². The number of rotatable bonds is 8. The summed E-state index contributed by atoms with van der Waals surface area (Å²) in [5.41, 5.74) is 10.8. The number of aryl methyl sites for hydroxylation is 2. The number of nitrogens with one attached hydrogen (secondary N) is 3. The second-order valence-corrected chi connectivity index (χ2v) is 13.2. The van der Waals surface area contributed by atoms with Gasteiger partial charge in [0.2, 0.25) is 0 Å². The maximum absolute atomic E-state index is 13.9. The van der Waals surface area contributed by atoms with Gasteiger partial charge >= 0.3 is 0 Å². The Morgan fingerprint density at radius 3 is 1.65 bits per heavy atom. The Bertz CT molecular complexity index is 2630. The van der Waals surface area contributed by atoms with Gasteiger partial charge < -0.3 is 15.6 Å². The van der Waals surface area contributed by atoms with E-state index in [1.54, 1.807) is 30.9 Å². The molecule has 55 heavy (non-hydrogen) atoms. The second kappa shape index (κ2) is 15.3. The SMILES string of the molecule is Cc1ccccc1C(=O)NC1=NC(=Cc2[nH]c(NC(=O)c3ccccc3C)c(-c3cccnc3)c2-c2ccccc2)C(c2ccccc2)=C1c1cccnc1. The van der Waals surface area contributed by atoms with Crippen molar-refractivity contribution in [2.75, 3.05) is 5.32 Å². The third-order valence-electron chi connectivity index (χ3n) is 9.56. The Morgan fingerprint density at radius 1 is 0.545 bits per heavy atom. The first-order chi connectivity index (χ1) is 27.0. The van der Waals surface area contributed by atoms with E-state index in [4.69, 9.17) is 4.99 Å². The van der Waals surface area contributed by atoms with Gasteiger partial charge in [0, 0.05) is 69.3 Å². The minimum atomic E-state index is -0.267. The molecule has 8 nitrogen and oxygen atoms in total. The fraction of sp³-hybridized carbons (Fsp3) is 0.0426. The van der Waals surface area contributed by atoms with Crippen LogP contribution in [0.3, 0.4) is 0 Å². The lowest BCUT2D eigenvalue weighted by Gasteiger charge is -2.13. The molecule has 1 aliphatic heterocycles. The number of hydrogen-bond acceptors (Lipinski definition) is 5. The molecule has 0 atom stereocenters. The van der Waals surface area contributed by atoms with Crippen LogP contribution in [0.5, 0.6) is 0 Å². The quantitative estimate of drug-likeness (QED) is 0.145.